The first-order valence-electron chi connectivity index (χ1n) is 7.67. The lowest BCUT2D eigenvalue weighted by Gasteiger charge is -2.07. The van der Waals surface area contributed by atoms with Crippen molar-refractivity contribution in [3.05, 3.63) is 35.9 Å². The maximum absolute atomic E-state index is 12.0. The van der Waals surface area contributed by atoms with Crippen LogP contribution in [0, 0.1) is 17.8 Å². The van der Waals surface area contributed by atoms with E-state index in [2.05, 4.69) is 24.5 Å². The summed E-state index contributed by atoms with van der Waals surface area (Å²) in [6.07, 6.45) is 1.50. The van der Waals surface area contributed by atoms with E-state index in [1.165, 1.54) is 5.56 Å². The van der Waals surface area contributed by atoms with Crippen molar-refractivity contribution in [3.8, 4) is 0 Å². The third kappa shape index (κ3) is 4.88. The van der Waals surface area contributed by atoms with E-state index in [-0.39, 0.29) is 23.7 Å². The topological polar surface area (TPSA) is 58.2 Å². The Kier molecular flexibility index (Phi) is 5.37. The van der Waals surface area contributed by atoms with Crippen molar-refractivity contribution >= 4 is 11.8 Å². The second-order valence-corrected chi connectivity index (χ2v) is 6.11. The quantitative estimate of drug-likeness (QED) is 0.803. The minimum Gasteiger partial charge on any atom is -0.356 e. The Morgan fingerprint density at radius 2 is 1.71 bits per heavy atom. The Balaban J connectivity index is 1.65. The highest BCUT2D eigenvalue weighted by Gasteiger charge is 2.47. The van der Waals surface area contributed by atoms with E-state index >= 15 is 0 Å². The van der Waals surface area contributed by atoms with E-state index in [1.807, 2.05) is 30.3 Å². The van der Waals surface area contributed by atoms with Crippen LogP contribution in [0.5, 0.6) is 0 Å². The lowest BCUT2D eigenvalue weighted by Crippen LogP contribution is -2.32. The van der Waals surface area contributed by atoms with Gasteiger partial charge in [0, 0.05) is 13.1 Å². The smallest absolute Gasteiger partial charge is 0.223 e. The molecular weight excluding hydrogens is 264 g/mol. The summed E-state index contributed by atoms with van der Waals surface area (Å²) >= 11 is 0. The summed E-state index contributed by atoms with van der Waals surface area (Å²) in [6, 6.07) is 10.1. The molecule has 21 heavy (non-hydrogen) atoms. The van der Waals surface area contributed by atoms with Crippen molar-refractivity contribution < 1.29 is 9.59 Å². The van der Waals surface area contributed by atoms with Gasteiger partial charge < -0.3 is 10.6 Å². The molecule has 2 rings (SSSR count). The zero-order valence-corrected chi connectivity index (χ0v) is 12.8. The van der Waals surface area contributed by atoms with Gasteiger partial charge in [0.05, 0.1) is 11.8 Å². The molecule has 0 aliphatic heterocycles. The Hall–Kier alpha value is -1.84. The van der Waals surface area contributed by atoms with Gasteiger partial charge in [-0.05, 0) is 24.3 Å². The fraction of sp³-hybridized carbons (Fsp3) is 0.529. The first kappa shape index (κ1) is 15.5. The number of amides is 2. The first-order valence-corrected chi connectivity index (χ1v) is 7.67. The maximum Gasteiger partial charge on any atom is 0.223 e. The number of hydrogen-bond donors (Lipinski definition) is 2. The fourth-order valence-electron chi connectivity index (χ4n) is 2.32. The molecule has 0 heterocycles. The molecule has 1 saturated carbocycles. The number of hydrogen-bond acceptors (Lipinski definition) is 2. The van der Waals surface area contributed by atoms with Crippen LogP contribution in [-0.2, 0) is 16.0 Å². The van der Waals surface area contributed by atoms with Gasteiger partial charge in [-0.1, -0.05) is 44.2 Å². The van der Waals surface area contributed by atoms with Gasteiger partial charge >= 0.3 is 0 Å². The van der Waals surface area contributed by atoms with Gasteiger partial charge in [-0.15, -0.1) is 0 Å². The fourth-order valence-corrected chi connectivity index (χ4v) is 2.32. The molecule has 1 fully saturated rings. The third-order valence-electron chi connectivity index (χ3n) is 3.70. The van der Waals surface area contributed by atoms with Crippen LogP contribution in [-0.4, -0.2) is 24.9 Å². The van der Waals surface area contributed by atoms with Crippen LogP contribution in [0.15, 0.2) is 30.3 Å². The van der Waals surface area contributed by atoms with E-state index in [1.54, 1.807) is 0 Å². The predicted molar refractivity (Wildman–Crippen MR) is 82.6 cm³/mol. The van der Waals surface area contributed by atoms with E-state index in [0.29, 0.717) is 25.4 Å². The highest BCUT2D eigenvalue weighted by atomic mass is 16.2. The zero-order valence-electron chi connectivity index (χ0n) is 12.8. The van der Waals surface area contributed by atoms with Gasteiger partial charge in [0.1, 0.15) is 0 Å². The van der Waals surface area contributed by atoms with Gasteiger partial charge in [0.25, 0.3) is 0 Å². The average molecular weight is 288 g/mol. The Bertz CT molecular complexity index is 485. The van der Waals surface area contributed by atoms with E-state index in [9.17, 15) is 9.59 Å². The summed E-state index contributed by atoms with van der Waals surface area (Å²) in [6.45, 7) is 5.42. The molecule has 1 aromatic rings. The number of nitrogens with one attached hydrogen (secondary N) is 2. The van der Waals surface area contributed by atoms with E-state index in [4.69, 9.17) is 0 Å². The largest absolute Gasteiger partial charge is 0.356 e. The van der Waals surface area contributed by atoms with Crippen LogP contribution in [0.25, 0.3) is 0 Å². The first-order chi connectivity index (χ1) is 10.1. The lowest BCUT2D eigenvalue weighted by molar-refractivity contribution is -0.127. The van der Waals surface area contributed by atoms with Crippen molar-refractivity contribution in [1.82, 2.24) is 10.6 Å². The molecule has 114 valence electrons. The Labute approximate surface area is 126 Å². The van der Waals surface area contributed by atoms with Crippen molar-refractivity contribution in [2.75, 3.05) is 13.1 Å². The SMILES string of the molecule is CC(C)CNC(=O)C1CC1C(=O)NCCc1ccccc1. The Morgan fingerprint density at radius 1 is 1.10 bits per heavy atom. The van der Waals surface area contributed by atoms with Crippen molar-refractivity contribution in [2.45, 2.75) is 26.7 Å². The zero-order chi connectivity index (χ0) is 15.2. The monoisotopic (exact) mass is 288 g/mol. The summed E-state index contributed by atoms with van der Waals surface area (Å²) in [5.74, 6) is 0.210. The van der Waals surface area contributed by atoms with Crippen LogP contribution in [0.4, 0.5) is 0 Å². The van der Waals surface area contributed by atoms with E-state index in [0.717, 1.165) is 6.42 Å². The maximum atomic E-state index is 12.0. The molecule has 1 aliphatic rings. The second kappa shape index (κ2) is 7.25. The van der Waals surface area contributed by atoms with Crippen molar-refractivity contribution in [2.24, 2.45) is 17.8 Å². The molecule has 2 unspecified atom stereocenters. The second-order valence-electron chi connectivity index (χ2n) is 6.11. The lowest BCUT2D eigenvalue weighted by atomic mass is 10.1. The number of benzene rings is 1. The highest BCUT2D eigenvalue weighted by Crippen LogP contribution is 2.38. The van der Waals surface area contributed by atoms with Gasteiger partial charge in [0.2, 0.25) is 11.8 Å². The minimum atomic E-state index is -0.132. The average Bonchev–Trinajstić information content (AvgIpc) is 3.26. The van der Waals surface area contributed by atoms with Crippen LogP contribution >= 0.6 is 0 Å². The molecular formula is C17H24N2O2. The van der Waals surface area contributed by atoms with Crippen LogP contribution in [0.3, 0.4) is 0 Å². The van der Waals surface area contributed by atoms with Gasteiger partial charge in [0.15, 0.2) is 0 Å². The summed E-state index contributed by atoms with van der Waals surface area (Å²) < 4.78 is 0. The molecule has 2 amide bonds. The highest BCUT2D eigenvalue weighted by molar-refractivity contribution is 5.92. The summed E-state index contributed by atoms with van der Waals surface area (Å²) in [7, 11) is 0. The van der Waals surface area contributed by atoms with Crippen LogP contribution < -0.4 is 10.6 Å². The number of rotatable bonds is 7. The number of carbonyl (C=O) groups excluding carboxylic acids is 2. The van der Waals surface area contributed by atoms with Crippen LogP contribution in [0.1, 0.15) is 25.8 Å². The number of carbonyl (C=O) groups is 2. The molecule has 2 N–H and O–H groups in total. The molecule has 0 bridgehead atoms. The summed E-state index contributed by atoms with van der Waals surface area (Å²) in [4.78, 5) is 23.8. The predicted octanol–water partition coefficient (Wildman–Crippen LogP) is 1.75. The molecule has 1 aliphatic carbocycles. The molecule has 0 spiro atoms. The molecule has 4 heteroatoms. The van der Waals surface area contributed by atoms with Crippen molar-refractivity contribution in [1.29, 1.82) is 0 Å². The molecule has 1 aromatic carbocycles. The standard InChI is InChI=1S/C17H24N2O2/c1-12(2)11-19-17(21)15-10-14(15)16(20)18-9-8-13-6-4-3-5-7-13/h3-7,12,14-15H,8-11H2,1-2H3,(H,18,20)(H,19,21). The molecule has 0 aromatic heterocycles. The third-order valence-corrected chi connectivity index (χ3v) is 3.70. The Morgan fingerprint density at radius 3 is 2.33 bits per heavy atom. The van der Waals surface area contributed by atoms with Crippen LogP contribution in [0.2, 0.25) is 0 Å². The molecule has 0 radical (unpaired) electrons. The van der Waals surface area contributed by atoms with Gasteiger partial charge in [-0.2, -0.15) is 0 Å². The molecule has 0 saturated heterocycles. The molecule has 2 atom stereocenters. The minimum absolute atomic E-state index is 0.00984. The summed E-state index contributed by atoms with van der Waals surface area (Å²) in [5.41, 5.74) is 1.21. The van der Waals surface area contributed by atoms with Gasteiger partial charge in [-0.3, -0.25) is 9.59 Å². The summed E-state index contributed by atoms with van der Waals surface area (Å²) in [5, 5.41) is 5.82. The van der Waals surface area contributed by atoms with Crippen molar-refractivity contribution in [3.63, 3.8) is 0 Å². The van der Waals surface area contributed by atoms with Gasteiger partial charge in [-0.25, -0.2) is 0 Å². The normalized spacial score (nSPS) is 20.1. The van der Waals surface area contributed by atoms with E-state index < -0.39 is 0 Å². The molecule has 4 nitrogen and oxygen atoms in total.